The van der Waals surface area contributed by atoms with Crippen LogP contribution in [0.2, 0.25) is 0 Å². The highest BCUT2D eigenvalue weighted by molar-refractivity contribution is 5.97. The molecule has 0 saturated carbocycles. The van der Waals surface area contributed by atoms with Crippen LogP contribution in [0.25, 0.3) is 0 Å². The Morgan fingerprint density at radius 2 is 2.42 bits per heavy atom. The standard InChI is InChI=1S/C10H16N2/c1-4-5-8(2)6-10-7-9(3)11-12-10/h4-6,9,11H,7H2,1-3H3/b5-4-,8-6-. The van der Waals surface area contributed by atoms with Crippen molar-refractivity contribution in [3.63, 3.8) is 0 Å². The summed E-state index contributed by atoms with van der Waals surface area (Å²) in [5, 5.41) is 4.20. The van der Waals surface area contributed by atoms with Gasteiger partial charge in [0, 0.05) is 12.5 Å². The maximum absolute atomic E-state index is 4.20. The van der Waals surface area contributed by atoms with E-state index in [1.165, 1.54) is 5.57 Å². The molecule has 0 aromatic carbocycles. The van der Waals surface area contributed by atoms with Gasteiger partial charge in [-0.05, 0) is 32.4 Å². The number of hydrogen-bond acceptors (Lipinski definition) is 2. The molecule has 0 aromatic rings. The monoisotopic (exact) mass is 164 g/mol. The number of allylic oxidation sites excluding steroid dienone is 4. The van der Waals surface area contributed by atoms with E-state index in [4.69, 9.17) is 0 Å². The van der Waals surface area contributed by atoms with Gasteiger partial charge in [-0.3, -0.25) is 0 Å². The lowest BCUT2D eigenvalue weighted by Gasteiger charge is -1.96. The molecule has 0 spiro atoms. The number of hydrogen-bond donors (Lipinski definition) is 1. The molecule has 1 aliphatic rings. The number of nitrogens with zero attached hydrogens (tertiary/aromatic N) is 1. The van der Waals surface area contributed by atoms with Gasteiger partial charge in [0.25, 0.3) is 0 Å². The number of nitrogens with one attached hydrogen (secondary N) is 1. The van der Waals surface area contributed by atoms with Crippen molar-refractivity contribution in [1.29, 1.82) is 0 Å². The molecule has 1 unspecified atom stereocenters. The summed E-state index contributed by atoms with van der Waals surface area (Å²) in [5.41, 5.74) is 5.44. The summed E-state index contributed by atoms with van der Waals surface area (Å²) in [6, 6.07) is 0.495. The Bertz CT molecular complexity index is 236. The molecule has 0 radical (unpaired) electrons. The van der Waals surface area contributed by atoms with Gasteiger partial charge in [0.1, 0.15) is 0 Å². The molecular weight excluding hydrogens is 148 g/mol. The van der Waals surface area contributed by atoms with Gasteiger partial charge in [-0.15, -0.1) is 0 Å². The van der Waals surface area contributed by atoms with Crippen molar-refractivity contribution in [2.24, 2.45) is 5.10 Å². The summed E-state index contributed by atoms with van der Waals surface area (Å²) in [6.45, 7) is 6.25. The first-order valence-electron chi connectivity index (χ1n) is 4.35. The molecule has 0 bridgehead atoms. The molecule has 0 aliphatic carbocycles. The van der Waals surface area contributed by atoms with Crippen LogP contribution in [-0.4, -0.2) is 11.8 Å². The van der Waals surface area contributed by atoms with Crippen molar-refractivity contribution in [2.45, 2.75) is 33.2 Å². The largest absolute Gasteiger partial charge is 0.307 e. The van der Waals surface area contributed by atoms with Crippen LogP contribution in [0.1, 0.15) is 27.2 Å². The van der Waals surface area contributed by atoms with E-state index in [0.29, 0.717) is 6.04 Å². The molecule has 1 atom stereocenters. The molecule has 2 nitrogen and oxygen atoms in total. The molecule has 1 rings (SSSR count). The lowest BCUT2D eigenvalue weighted by atomic mass is 10.1. The van der Waals surface area contributed by atoms with Crippen molar-refractivity contribution in [3.05, 3.63) is 23.8 Å². The summed E-state index contributed by atoms with van der Waals surface area (Å²) >= 11 is 0. The molecule has 66 valence electrons. The molecular formula is C10H16N2. The second-order valence-electron chi connectivity index (χ2n) is 3.23. The average Bonchev–Trinajstić information content (AvgIpc) is 2.36. The lowest BCUT2D eigenvalue weighted by molar-refractivity contribution is 0.636. The van der Waals surface area contributed by atoms with Gasteiger partial charge in [-0.1, -0.05) is 12.2 Å². The molecule has 2 heteroatoms. The van der Waals surface area contributed by atoms with Crippen LogP contribution in [0, 0.1) is 0 Å². The van der Waals surface area contributed by atoms with E-state index in [2.05, 4.69) is 36.5 Å². The molecule has 0 fully saturated rings. The summed E-state index contributed by atoms with van der Waals surface area (Å²) in [6.07, 6.45) is 7.29. The minimum atomic E-state index is 0.495. The van der Waals surface area contributed by atoms with Crippen LogP contribution < -0.4 is 5.43 Å². The van der Waals surface area contributed by atoms with E-state index >= 15 is 0 Å². The quantitative estimate of drug-likeness (QED) is 0.622. The Balaban J connectivity index is 2.56. The van der Waals surface area contributed by atoms with Gasteiger partial charge in [-0.25, -0.2) is 0 Å². The Morgan fingerprint density at radius 3 is 2.92 bits per heavy atom. The fraction of sp³-hybridized carbons (Fsp3) is 0.500. The third kappa shape index (κ3) is 2.53. The smallest absolute Gasteiger partial charge is 0.0626 e. The Hall–Kier alpha value is -1.05. The van der Waals surface area contributed by atoms with Gasteiger partial charge in [-0.2, -0.15) is 5.10 Å². The van der Waals surface area contributed by atoms with Crippen LogP contribution in [-0.2, 0) is 0 Å². The maximum Gasteiger partial charge on any atom is 0.0626 e. The van der Waals surface area contributed by atoms with Gasteiger partial charge in [0.05, 0.1) is 5.71 Å². The van der Waals surface area contributed by atoms with Crippen molar-refractivity contribution >= 4 is 5.71 Å². The molecule has 1 heterocycles. The normalized spacial score (nSPS) is 24.4. The topological polar surface area (TPSA) is 24.4 Å². The zero-order valence-electron chi connectivity index (χ0n) is 7.96. The summed E-state index contributed by atoms with van der Waals surface area (Å²) in [7, 11) is 0. The molecule has 1 aliphatic heterocycles. The average molecular weight is 164 g/mol. The second-order valence-corrected chi connectivity index (χ2v) is 3.23. The zero-order chi connectivity index (χ0) is 8.97. The molecule has 0 amide bonds. The predicted octanol–water partition coefficient (Wildman–Crippen LogP) is 2.25. The number of rotatable bonds is 2. The highest BCUT2D eigenvalue weighted by Crippen LogP contribution is 2.06. The molecule has 12 heavy (non-hydrogen) atoms. The van der Waals surface area contributed by atoms with Gasteiger partial charge < -0.3 is 5.43 Å². The van der Waals surface area contributed by atoms with Crippen LogP contribution in [0.3, 0.4) is 0 Å². The Morgan fingerprint density at radius 1 is 1.67 bits per heavy atom. The van der Waals surface area contributed by atoms with E-state index in [-0.39, 0.29) is 0 Å². The van der Waals surface area contributed by atoms with E-state index < -0.39 is 0 Å². The second kappa shape index (κ2) is 4.10. The Kier molecular flexibility index (Phi) is 3.09. The van der Waals surface area contributed by atoms with Gasteiger partial charge in [0.2, 0.25) is 0 Å². The summed E-state index contributed by atoms with van der Waals surface area (Å²) < 4.78 is 0. The number of hydrazone groups is 1. The van der Waals surface area contributed by atoms with Crippen molar-refractivity contribution in [2.75, 3.05) is 0 Å². The first-order valence-corrected chi connectivity index (χ1v) is 4.35. The summed E-state index contributed by atoms with van der Waals surface area (Å²) in [4.78, 5) is 0. The van der Waals surface area contributed by atoms with Gasteiger partial charge in [0.15, 0.2) is 0 Å². The minimum Gasteiger partial charge on any atom is -0.307 e. The third-order valence-electron chi connectivity index (χ3n) is 1.77. The predicted molar refractivity (Wildman–Crippen MR) is 53.2 cm³/mol. The maximum atomic E-state index is 4.20. The van der Waals surface area contributed by atoms with E-state index in [0.717, 1.165) is 12.1 Å². The van der Waals surface area contributed by atoms with Crippen LogP contribution in [0.15, 0.2) is 28.9 Å². The van der Waals surface area contributed by atoms with Crippen molar-refractivity contribution in [1.82, 2.24) is 5.43 Å². The van der Waals surface area contributed by atoms with Crippen LogP contribution >= 0.6 is 0 Å². The van der Waals surface area contributed by atoms with E-state index in [1.807, 2.05) is 13.0 Å². The Labute approximate surface area is 74.1 Å². The molecule has 1 N–H and O–H groups in total. The minimum absolute atomic E-state index is 0.495. The lowest BCUT2D eigenvalue weighted by Crippen LogP contribution is -2.13. The fourth-order valence-electron chi connectivity index (χ4n) is 1.26. The first-order chi connectivity index (χ1) is 5.72. The fourth-order valence-corrected chi connectivity index (χ4v) is 1.26. The van der Waals surface area contributed by atoms with Crippen molar-refractivity contribution in [3.8, 4) is 0 Å². The van der Waals surface area contributed by atoms with Gasteiger partial charge >= 0.3 is 0 Å². The summed E-state index contributed by atoms with van der Waals surface area (Å²) in [5.74, 6) is 0. The van der Waals surface area contributed by atoms with Crippen molar-refractivity contribution < 1.29 is 0 Å². The van der Waals surface area contributed by atoms with Crippen LogP contribution in [0.4, 0.5) is 0 Å². The van der Waals surface area contributed by atoms with E-state index in [9.17, 15) is 0 Å². The zero-order valence-corrected chi connectivity index (χ0v) is 7.96. The highest BCUT2D eigenvalue weighted by atomic mass is 15.3. The molecule has 0 aromatic heterocycles. The SMILES string of the molecule is C/C=C\C(C)=C/C1=NNC(C)C1. The third-order valence-corrected chi connectivity index (χ3v) is 1.77. The van der Waals surface area contributed by atoms with E-state index in [1.54, 1.807) is 0 Å². The highest BCUT2D eigenvalue weighted by Gasteiger charge is 2.10. The molecule has 0 saturated heterocycles. The first kappa shape index (κ1) is 9.04. The van der Waals surface area contributed by atoms with Crippen LogP contribution in [0.5, 0.6) is 0 Å².